The van der Waals surface area contributed by atoms with Gasteiger partial charge in [0.05, 0.1) is 12.8 Å². The molecule has 6 heteroatoms. The molecule has 4 N–H and O–H groups in total. The van der Waals surface area contributed by atoms with Crippen LogP contribution >= 0.6 is 0 Å². The van der Waals surface area contributed by atoms with Gasteiger partial charge < -0.3 is 20.8 Å². The minimum absolute atomic E-state index is 0.00204. The largest absolute Gasteiger partial charge is 0.481 e. The third-order valence-corrected chi connectivity index (χ3v) is 2.52. The molecule has 1 saturated heterocycles. The second-order valence-electron chi connectivity index (χ2n) is 3.72. The molecule has 1 rings (SSSR count). The topological polar surface area (TPSA) is 98.7 Å². The summed E-state index contributed by atoms with van der Waals surface area (Å²) in [4.78, 5) is 21.2. The lowest BCUT2D eigenvalue weighted by molar-refractivity contribution is -0.141. The smallest absolute Gasteiger partial charge is 0.304 e. The average molecular weight is 216 g/mol. The molecule has 0 aromatic heterocycles. The van der Waals surface area contributed by atoms with E-state index in [-0.39, 0.29) is 24.8 Å². The zero-order valence-electron chi connectivity index (χ0n) is 8.40. The molecule has 1 aliphatic heterocycles. The number of hydrogen-bond acceptors (Lipinski definition) is 4. The maximum Gasteiger partial charge on any atom is 0.304 e. The van der Waals surface area contributed by atoms with E-state index in [4.69, 9.17) is 10.2 Å². The second-order valence-corrected chi connectivity index (χ2v) is 3.72. The van der Waals surface area contributed by atoms with Crippen LogP contribution in [-0.4, -0.2) is 47.8 Å². The van der Waals surface area contributed by atoms with Crippen molar-refractivity contribution in [3.63, 3.8) is 0 Å². The summed E-state index contributed by atoms with van der Waals surface area (Å²) in [5.41, 5.74) is 0. The molecule has 0 aromatic rings. The Hall–Kier alpha value is -1.14. The molecule has 0 spiro atoms. The molecule has 0 aliphatic carbocycles. The van der Waals surface area contributed by atoms with Crippen LogP contribution in [0.25, 0.3) is 0 Å². The van der Waals surface area contributed by atoms with Crippen molar-refractivity contribution in [3.05, 3.63) is 0 Å². The molecule has 0 saturated carbocycles. The Morgan fingerprint density at radius 1 is 1.13 bits per heavy atom. The Bertz CT molecular complexity index is 220. The highest BCUT2D eigenvalue weighted by Gasteiger charge is 2.27. The summed E-state index contributed by atoms with van der Waals surface area (Å²) in [5.74, 6) is -1.95. The van der Waals surface area contributed by atoms with Crippen LogP contribution in [0.1, 0.15) is 12.8 Å². The highest BCUT2D eigenvalue weighted by Crippen LogP contribution is 2.13. The molecule has 1 fully saturated rings. The van der Waals surface area contributed by atoms with Crippen molar-refractivity contribution in [2.45, 2.75) is 18.9 Å². The molecule has 1 aliphatic rings. The van der Waals surface area contributed by atoms with E-state index in [1.807, 2.05) is 0 Å². The van der Waals surface area contributed by atoms with Crippen molar-refractivity contribution in [3.8, 4) is 0 Å². The van der Waals surface area contributed by atoms with E-state index in [9.17, 15) is 9.59 Å². The number of carboxylic acid groups (broad SMARTS) is 2. The summed E-state index contributed by atoms with van der Waals surface area (Å²) in [6.45, 7) is 1.97. The molecular weight excluding hydrogens is 200 g/mol. The molecule has 1 heterocycles. The number of carbonyl (C=O) groups is 2. The van der Waals surface area contributed by atoms with Crippen molar-refractivity contribution in [2.24, 2.45) is 5.92 Å². The number of carboxylic acids is 2. The van der Waals surface area contributed by atoms with Gasteiger partial charge >= 0.3 is 11.9 Å². The van der Waals surface area contributed by atoms with Gasteiger partial charge in [-0.15, -0.1) is 0 Å². The van der Waals surface area contributed by atoms with Crippen molar-refractivity contribution in [1.82, 2.24) is 10.6 Å². The van der Waals surface area contributed by atoms with Crippen LogP contribution in [0.3, 0.4) is 0 Å². The van der Waals surface area contributed by atoms with Crippen molar-refractivity contribution in [2.75, 3.05) is 19.6 Å². The Labute approximate surface area is 87.7 Å². The molecule has 2 atom stereocenters. The maximum absolute atomic E-state index is 10.6. The maximum atomic E-state index is 10.6. The first kappa shape index (κ1) is 11.9. The highest BCUT2D eigenvalue weighted by molar-refractivity contribution is 5.69. The normalized spacial score (nSPS) is 26.9. The van der Waals surface area contributed by atoms with Gasteiger partial charge in [-0.3, -0.25) is 9.59 Å². The van der Waals surface area contributed by atoms with Gasteiger partial charge in [-0.1, -0.05) is 0 Å². The molecule has 6 nitrogen and oxygen atoms in total. The summed E-state index contributed by atoms with van der Waals surface area (Å²) in [6, 6.07) is -0.256. The first-order valence-electron chi connectivity index (χ1n) is 4.97. The zero-order valence-corrected chi connectivity index (χ0v) is 8.40. The molecule has 86 valence electrons. The first-order valence-corrected chi connectivity index (χ1v) is 4.97. The van der Waals surface area contributed by atoms with Gasteiger partial charge in [0, 0.05) is 25.7 Å². The minimum Gasteiger partial charge on any atom is -0.481 e. The van der Waals surface area contributed by atoms with Gasteiger partial charge in [-0.25, -0.2) is 0 Å². The summed E-state index contributed by atoms with van der Waals surface area (Å²) >= 11 is 0. The van der Waals surface area contributed by atoms with Crippen molar-refractivity contribution in [1.29, 1.82) is 0 Å². The van der Waals surface area contributed by atoms with Crippen LogP contribution in [0.4, 0.5) is 0 Å². The molecular formula is C9H16N2O4. The Morgan fingerprint density at radius 3 is 2.40 bits per heavy atom. The van der Waals surface area contributed by atoms with Crippen LogP contribution in [0.15, 0.2) is 0 Å². The zero-order chi connectivity index (χ0) is 11.3. The van der Waals surface area contributed by atoms with Crippen molar-refractivity contribution < 1.29 is 19.8 Å². The van der Waals surface area contributed by atoms with Gasteiger partial charge in [0.1, 0.15) is 0 Å². The molecule has 15 heavy (non-hydrogen) atoms. The summed E-state index contributed by atoms with van der Waals surface area (Å²) in [7, 11) is 0. The van der Waals surface area contributed by atoms with Gasteiger partial charge in [0.25, 0.3) is 0 Å². The van der Waals surface area contributed by atoms with E-state index < -0.39 is 11.9 Å². The predicted molar refractivity (Wildman–Crippen MR) is 52.7 cm³/mol. The molecule has 0 bridgehead atoms. The van der Waals surface area contributed by atoms with E-state index >= 15 is 0 Å². The lowest BCUT2D eigenvalue weighted by Gasteiger charge is -2.22. The first-order chi connectivity index (χ1) is 7.09. The molecule has 0 radical (unpaired) electrons. The highest BCUT2D eigenvalue weighted by atomic mass is 16.4. The van der Waals surface area contributed by atoms with E-state index in [1.165, 1.54) is 0 Å². The lowest BCUT2D eigenvalue weighted by atomic mass is 9.94. The lowest BCUT2D eigenvalue weighted by Crippen LogP contribution is -2.39. The fourth-order valence-corrected chi connectivity index (χ4v) is 1.81. The third kappa shape index (κ3) is 4.26. The van der Waals surface area contributed by atoms with E-state index in [2.05, 4.69) is 10.6 Å². The van der Waals surface area contributed by atoms with E-state index in [0.717, 1.165) is 6.54 Å². The minimum atomic E-state index is -0.898. The monoisotopic (exact) mass is 216 g/mol. The van der Waals surface area contributed by atoms with Crippen molar-refractivity contribution >= 4 is 11.9 Å². The van der Waals surface area contributed by atoms with E-state index in [0.29, 0.717) is 13.1 Å². The quantitative estimate of drug-likeness (QED) is 0.487. The Balaban J connectivity index is 2.58. The fourth-order valence-electron chi connectivity index (χ4n) is 1.81. The van der Waals surface area contributed by atoms with Crippen LogP contribution in [-0.2, 0) is 9.59 Å². The Kier molecular flexibility index (Phi) is 4.51. The van der Waals surface area contributed by atoms with Gasteiger partial charge in [-0.05, 0) is 5.92 Å². The van der Waals surface area contributed by atoms with Gasteiger partial charge in [0.2, 0.25) is 0 Å². The average Bonchev–Trinajstić information content (AvgIpc) is 2.30. The molecule has 0 aromatic carbocycles. The van der Waals surface area contributed by atoms with Gasteiger partial charge in [0.15, 0.2) is 0 Å². The summed E-state index contributed by atoms with van der Waals surface area (Å²) < 4.78 is 0. The summed E-state index contributed by atoms with van der Waals surface area (Å²) in [5, 5.41) is 23.6. The van der Waals surface area contributed by atoms with Crippen LogP contribution in [0, 0.1) is 5.92 Å². The van der Waals surface area contributed by atoms with Gasteiger partial charge in [-0.2, -0.15) is 0 Å². The molecule has 0 amide bonds. The molecule has 2 unspecified atom stereocenters. The fraction of sp³-hybridized carbons (Fsp3) is 0.778. The van der Waals surface area contributed by atoms with E-state index in [1.54, 1.807) is 0 Å². The van der Waals surface area contributed by atoms with Crippen LogP contribution < -0.4 is 10.6 Å². The number of rotatable bonds is 4. The van der Waals surface area contributed by atoms with Crippen LogP contribution in [0.2, 0.25) is 0 Å². The number of hydrogen-bond donors (Lipinski definition) is 4. The number of nitrogens with one attached hydrogen (secondary N) is 2. The third-order valence-electron chi connectivity index (χ3n) is 2.52. The standard InChI is InChI=1S/C9H16N2O4/c12-8(13)3-6-5-10-1-2-11-7(6)4-9(14)15/h6-7,10-11H,1-5H2,(H,12,13)(H,14,15). The summed E-state index contributed by atoms with van der Waals surface area (Å²) in [6.07, 6.45) is -0.0302. The SMILES string of the molecule is O=C(O)CC1CNCCNC1CC(=O)O. The van der Waals surface area contributed by atoms with Crippen LogP contribution in [0.5, 0.6) is 0 Å². The predicted octanol–water partition coefficient (Wildman–Crippen LogP) is -0.887. The second kappa shape index (κ2) is 5.67. The number of aliphatic carboxylic acids is 2. The Morgan fingerprint density at radius 2 is 1.80 bits per heavy atom.